The van der Waals surface area contributed by atoms with Crippen LogP contribution in [0.25, 0.3) is 0 Å². The highest BCUT2D eigenvalue weighted by molar-refractivity contribution is 6.33. The summed E-state index contributed by atoms with van der Waals surface area (Å²) in [5, 5.41) is 6.19. The van der Waals surface area contributed by atoms with Crippen LogP contribution in [0.1, 0.15) is 31.1 Å². The number of hydrogen-bond donors (Lipinski definition) is 1. The summed E-state index contributed by atoms with van der Waals surface area (Å²) in [5.41, 5.74) is 0.745. The average molecular weight is 416 g/mol. The van der Waals surface area contributed by atoms with Crippen molar-refractivity contribution in [3.63, 3.8) is 0 Å². The van der Waals surface area contributed by atoms with Crippen LogP contribution >= 0.6 is 11.6 Å². The van der Waals surface area contributed by atoms with Gasteiger partial charge in [0, 0.05) is 37.9 Å². The summed E-state index contributed by atoms with van der Waals surface area (Å²) >= 11 is 6.12. The molecule has 6 nitrogen and oxygen atoms in total. The smallest absolute Gasteiger partial charge is 0.364 e. The molecule has 3 rings (SSSR count). The summed E-state index contributed by atoms with van der Waals surface area (Å²) in [7, 11) is 0. The summed E-state index contributed by atoms with van der Waals surface area (Å²) in [6, 6.07) is 3.14. The minimum Gasteiger partial charge on any atom is -0.364 e. The minimum atomic E-state index is -4.31. The SMILES string of the molecule is C[C@@H]1CN([C@@H](C)c2cccnc2CC(F)(F)F)CCN1c1cn[nH]c(=O)c1Cl. The molecule has 0 saturated carbocycles. The van der Waals surface area contributed by atoms with Crippen molar-refractivity contribution in [2.45, 2.75) is 38.5 Å². The van der Waals surface area contributed by atoms with Gasteiger partial charge >= 0.3 is 6.18 Å². The van der Waals surface area contributed by atoms with Gasteiger partial charge in [0.25, 0.3) is 5.56 Å². The predicted molar refractivity (Wildman–Crippen MR) is 101 cm³/mol. The van der Waals surface area contributed by atoms with Crippen molar-refractivity contribution in [1.82, 2.24) is 20.1 Å². The van der Waals surface area contributed by atoms with Gasteiger partial charge in [0.2, 0.25) is 0 Å². The molecule has 0 aliphatic carbocycles. The molecular weight excluding hydrogens is 395 g/mol. The van der Waals surface area contributed by atoms with Gasteiger partial charge in [-0.25, -0.2) is 5.10 Å². The molecule has 2 atom stereocenters. The fourth-order valence-electron chi connectivity index (χ4n) is 3.63. The highest BCUT2D eigenvalue weighted by atomic mass is 35.5. The van der Waals surface area contributed by atoms with Crippen molar-refractivity contribution in [2.75, 3.05) is 24.5 Å². The molecule has 1 N–H and O–H groups in total. The van der Waals surface area contributed by atoms with E-state index in [0.717, 1.165) is 0 Å². The number of anilines is 1. The van der Waals surface area contributed by atoms with Crippen LogP contribution in [0.5, 0.6) is 0 Å². The van der Waals surface area contributed by atoms with Crippen molar-refractivity contribution >= 4 is 17.3 Å². The maximum Gasteiger partial charge on any atom is 0.394 e. The Morgan fingerprint density at radius 3 is 2.82 bits per heavy atom. The molecule has 3 heterocycles. The minimum absolute atomic E-state index is 0.0000348. The quantitative estimate of drug-likeness (QED) is 0.830. The number of aromatic amines is 1. The van der Waals surface area contributed by atoms with Gasteiger partial charge in [0.05, 0.1) is 24.0 Å². The van der Waals surface area contributed by atoms with Crippen LogP contribution in [0, 0.1) is 0 Å². The number of nitrogens with zero attached hydrogens (tertiary/aromatic N) is 4. The van der Waals surface area contributed by atoms with Crippen LogP contribution in [0.4, 0.5) is 18.9 Å². The van der Waals surface area contributed by atoms with Crippen molar-refractivity contribution in [3.8, 4) is 0 Å². The molecule has 152 valence electrons. The third kappa shape index (κ3) is 4.47. The second-order valence-corrected chi connectivity index (χ2v) is 7.32. The van der Waals surface area contributed by atoms with Crippen molar-refractivity contribution < 1.29 is 13.2 Å². The van der Waals surface area contributed by atoms with Gasteiger partial charge in [-0.15, -0.1) is 0 Å². The Morgan fingerprint density at radius 2 is 2.14 bits per heavy atom. The molecule has 2 aromatic heterocycles. The Kier molecular flexibility index (Phi) is 5.95. The summed E-state index contributed by atoms with van der Waals surface area (Å²) < 4.78 is 38.7. The number of alkyl halides is 3. The fourth-order valence-corrected chi connectivity index (χ4v) is 3.83. The van der Waals surface area contributed by atoms with E-state index in [1.165, 1.54) is 12.4 Å². The van der Waals surface area contributed by atoms with Gasteiger partial charge in [-0.05, 0) is 25.5 Å². The summed E-state index contributed by atoms with van der Waals surface area (Å²) in [6.07, 6.45) is -2.45. The number of pyridine rings is 1. The third-order valence-electron chi connectivity index (χ3n) is 5.04. The number of nitrogens with one attached hydrogen (secondary N) is 1. The topological polar surface area (TPSA) is 65.1 Å². The summed E-state index contributed by atoms with van der Waals surface area (Å²) in [5.74, 6) is 0. The van der Waals surface area contributed by atoms with Crippen molar-refractivity contribution in [3.05, 3.63) is 51.2 Å². The molecule has 1 aliphatic rings. The van der Waals surface area contributed by atoms with Crippen molar-refractivity contribution in [2.24, 2.45) is 0 Å². The molecule has 0 unspecified atom stereocenters. The number of H-pyrrole nitrogens is 1. The molecule has 10 heteroatoms. The molecule has 28 heavy (non-hydrogen) atoms. The van der Waals surface area contributed by atoms with Crippen LogP contribution in [0.15, 0.2) is 29.3 Å². The predicted octanol–water partition coefficient (Wildman–Crippen LogP) is 3.19. The zero-order valence-electron chi connectivity index (χ0n) is 15.5. The largest absolute Gasteiger partial charge is 0.394 e. The molecule has 1 aliphatic heterocycles. The second-order valence-electron chi connectivity index (χ2n) is 6.94. The summed E-state index contributed by atoms with van der Waals surface area (Å²) in [6.45, 7) is 5.65. The van der Waals surface area contributed by atoms with Gasteiger partial charge in [-0.2, -0.15) is 18.3 Å². The maximum atomic E-state index is 12.9. The Bertz CT molecular complexity index is 888. The first-order valence-corrected chi connectivity index (χ1v) is 9.29. The molecule has 0 amide bonds. The number of aromatic nitrogens is 3. The Morgan fingerprint density at radius 1 is 1.39 bits per heavy atom. The monoisotopic (exact) mass is 415 g/mol. The zero-order valence-corrected chi connectivity index (χ0v) is 16.3. The Labute approximate surface area is 165 Å². The first-order chi connectivity index (χ1) is 13.2. The molecule has 2 aromatic rings. The maximum absolute atomic E-state index is 12.9. The van der Waals surface area contributed by atoms with E-state index in [9.17, 15) is 18.0 Å². The molecule has 0 spiro atoms. The Hall–Kier alpha value is -2.13. The number of halogens is 4. The lowest BCUT2D eigenvalue weighted by molar-refractivity contribution is -0.128. The summed E-state index contributed by atoms with van der Waals surface area (Å²) in [4.78, 5) is 19.8. The van der Waals surface area contributed by atoms with Crippen LogP contribution in [0.2, 0.25) is 5.02 Å². The van der Waals surface area contributed by atoms with E-state index >= 15 is 0 Å². The van der Waals surface area contributed by atoms with E-state index in [0.29, 0.717) is 30.9 Å². The molecule has 0 radical (unpaired) electrons. The van der Waals surface area contributed by atoms with Crippen LogP contribution in [-0.4, -0.2) is 51.9 Å². The standard InChI is InChI=1S/C18H21ClF3N5O/c1-11-10-26(6-7-27(11)15-9-24-25-17(28)16(15)19)12(2)13-4-3-5-23-14(13)8-18(20,21)22/h3-5,9,11-12H,6-8,10H2,1-2H3,(H,25,28)/t11-,12+/m1/s1. The molecule has 1 saturated heterocycles. The molecule has 0 aromatic carbocycles. The van der Waals surface area contributed by atoms with Crippen LogP contribution in [0.3, 0.4) is 0 Å². The van der Waals surface area contributed by atoms with Gasteiger partial charge in [0.15, 0.2) is 0 Å². The zero-order chi connectivity index (χ0) is 20.5. The highest BCUT2D eigenvalue weighted by Gasteiger charge is 2.33. The van der Waals surface area contributed by atoms with E-state index in [1.807, 2.05) is 18.7 Å². The van der Waals surface area contributed by atoms with Gasteiger partial charge < -0.3 is 4.90 Å². The first-order valence-electron chi connectivity index (χ1n) is 8.92. The molecular formula is C18H21ClF3N5O. The highest BCUT2D eigenvalue weighted by Crippen LogP contribution is 2.31. The lowest BCUT2D eigenvalue weighted by atomic mass is 10.0. The van der Waals surface area contributed by atoms with Gasteiger partial charge in [0.1, 0.15) is 5.02 Å². The van der Waals surface area contributed by atoms with Gasteiger partial charge in [-0.3, -0.25) is 14.7 Å². The number of hydrogen-bond acceptors (Lipinski definition) is 5. The fraction of sp³-hybridized carbons (Fsp3) is 0.500. The van der Waals surface area contributed by atoms with Crippen LogP contribution < -0.4 is 10.5 Å². The lowest BCUT2D eigenvalue weighted by Crippen LogP contribution is -2.53. The lowest BCUT2D eigenvalue weighted by Gasteiger charge is -2.43. The van der Waals surface area contributed by atoms with Crippen molar-refractivity contribution in [1.29, 1.82) is 0 Å². The Balaban J connectivity index is 1.77. The molecule has 1 fully saturated rings. The van der Waals surface area contributed by atoms with E-state index in [4.69, 9.17) is 11.6 Å². The van der Waals surface area contributed by atoms with Crippen LogP contribution in [-0.2, 0) is 6.42 Å². The van der Waals surface area contributed by atoms with E-state index in [2.05, 4.69) is 20.1 Å². The number of rotatable bonds is 4. The van der Waals surface area contributed by atoms with Gasteiger partial charge in [-0.1, -0.05) is 17.7 Å². The van der Waals surface area contributed by atoms with E-state index in [1.54, 1.807) is 12.1 Å². The van der Waals surface area contributed by atoms with E-state index < -0.39 is 18.2 Å². The normalized spacial score (nSPS) is 19.6. The third-order valence-corrected chi connectivity index (χ3v) is 5.40. The average Bonchev–Trinajstić information content (AvgIpc) is 2.63. The first kappa shape index (κ1) is 20.6. The second kappa shape index (κ2) is 8.08. The van der Waals surface area contributed by atoms with E-state index in [-0.39, 0.29) is 22.8 Å². The molecule has 0 bridgehead atoms. The number of piperazine rings is 1.